The molecule has 1 amide bonds. The highest BCUT2D eigenvalue weighted by atomic mass is 16.7. The zero-order chi connectivity index (χ0) is 16.5. The number of carbonyl (C=O) groups is 1. The van der Waals surface area contributed by atoms with Crippen LogP contribution in [0.25, 0.3) is 0 Å². The summed E-state index contributed by atoms with van der Waals surface area (Å²) < 4.78 is 10.7. The predicted molar refractivity (Wildman–Crippen MR) is 85.9 cm³/mol. The van der Waals surface area contributed by atoms with Crippen molar-refractivity contribution in [3.63, 3.8) is 0 Å². The molecule has 2 aliphatic rings. The zero-order valence-electron chi connectivity index (χ0n) is 13.6. The first-order valence-electron chi connectivity index (χ1n) is 8.24. The molecule has 2 aliphatic heterocycles. The molecule has 1 saturated heterocycles. The molecule has 1 fully saturated rings. The van der Waals surface area contributed by atoms with Gasteiger partial charge in [-0.3, -0.25) is 9.89 Å². The van der Waals surface area contributed by atoms with E-state index in [-0.39, 0.29) is 18.6 Å². The number of carbonyl (C=O) groups excluding carboxylic acids is 1. The Morgan fingerprint density at radius 2 is 2.25 bits per heavy atom. The minimum atomic E-state index is 0.130. The maximum Gasteiger partial charge on any atom is 0.231 e. The SMILES string of the molecule is Cc1nc(C2CCCN(C(=O)Cc3ccc4c(c3)OCO4)C2)n[nH]1. The quantitative estimate of drug-likeness (QED) is 0.929. The number of benzene rings is 1. The van der Waals surface area contributed by atoms with Crippen LogP contribution in [0, 0.1) is 6.92 Å². The Bertz CT molecular complexity index is 758. The highest BCUT2D eigenvalue weighted by Crippen LogP contribution is 2.33. The fourth-order valence-electron chi connectivity index (χ4n) is 3.29. The molecule has 0 spiro atoms. The highest BCUT2D eigenvalue weighted by Gasteiger charge is 2.27. The van der Waals surface area contributed by atoms with Crippen molar-refractivity contribution in [1.82, 2.24) is 20.1 Å². The van der Waals surface area contributed by atoms with Crippen molar-refractivity contribution in [3.05, 3.63) is 35.4 Å². The van der Waals surface area contributed by atoms with Gasteiger partial charge in [0.1, 0.15) is 5.82 Å². The minimum Gasteiger partial charge on any atom is -0.454 e. The Labute approximate surface area is 140 Å². The van der Waals surface area contributed by atoms with Crippen LogP contribution in [0.2, 0.25) is 0 Å². The van der Waals surface area contributed by atoms with Crippen molar-refractivity contribution in [1.29, 1.82) is 0 Å². The number of nitrogens with one attached hydrogen (secondary N) is 1. The number of rotatable bonds is 3. The summed E-state index contributed by atoms with van der Waals surface area (Å²) in [6.07, 6.45) is 2.37. The smallest absolute Gasteiger partial charge is 0.231 e. The average molecular weight is 328 g/mol. The monoisotopic (exact) mass is 328 g/mol. The lowest BCUT2D eigenvalue weighted by Gasteiger charge is -2.31. The van der Waals surface area contributed by atoms with Crippen LogP contribution < -0.4 is 9.47 Å². The van der Waals surface area contributed by atoms with Crippen LogP contribution in [0.4, 0.5) is 0 Å². The second-order valence-corrected chi connectivity index (χ2v) is 6.32. The van der Waals surface area contributed by atoms with Gasteiger partial charge in [-0.25, -0.2) is 4.98 Å². The van der Waals surface area contributed by atoms with E-state index in [0.717, 1.165) is 42.3 Å². The third-order valence-corrected chi connectivity index (χ3v) is 4.55. The van der Waals surface area contributed by atoms with E-state index in [9.17, 15) is 4.79 Å². The summed E-state index contributed by atoms with van der Waals surface area (Å²) in [5.74, 6) is 3.43. The van der Waals surface area contributed by atoms with Crippen molar-refractivity contribution < 1.29 is 14.3 Å². The van der Waals surface area contributed by atoms with Crippen molar-refractivity contribution in [2.45, 2.75) is 32.1 Å². The Kier molecular flexibility index (Phi) is 3.84. The van der Waals surface area contributed by atoms with E-state index >= 15 is 0 Å². The third kappa shape index (κ3) is 2.93. The van der Waals surface area contributed by atoms with Crippen LogP contribution >= 0.6 is 0 Å². The van der Waals surface area contributed by atoms with Crippen LogP contribution in [-0.2, 0) is 11.2 Å². The van der Waals surface area contributed by atoms with Gasteiger partial charge >= 0.3 is 0 Å². The van der Waals surface area contributed by atoms with Gasteiger partial charge in [-0.1, -0.05) is 6.07 Å². The lowest BCUT2D eigenvalue weighted by molar-refractivity contribution is -0.131. The number of hydrogen-bond donors (Lipinski definition) is 1. The first-order chi connectivity index (χ1) is 11.7. The number of amides is 1. The van der Waals surface area contributed by atoms with Gasteiger partial charge < -0.3 is 14.4 Å². The van der Waals surface area contributed by atoms with E-state index in [0.29, 0.717) is 18.7 Å². The van der Waals surface area contributed by atoms with Crippen molar-refractivity contribution in [2.24, 2.45) is 0 Å². The highest BCUT2D eigenvalue weighted by molar-refractivity contribution is 5.79. The molecular weight excluding hydrogens is 308 g/mol. The fraction of sp³-hybridized carbons (Fsp3) is 0.471. The lowest BCUT2D eigenvalue weighted by atomic mass is 9.96. The third-order valence-electron chi connectivity index (χ3n) is 4.55. The summed E-state index contributed by atoms with van der Waals surface area (Å²) >= 11 is 0. The second-order valence-electron chi connectivity index (χ2n) is 6.32. The molecule has 1 atom stereocenters. The molecule has 0 bridgehead atoms. The maximum atomic E-state index is 12.7. The van der Waals surface area contributed by atoms with E-state index in [2.05, 4.69) is 15.2 Å². The molecule has 4 rings (SSSR count). The number of hydrogen-bond acceptors (Lipinski definition) is 5. The number of ether oxygens (including phenoxy) is 2. The predicted octanol–water partition coefficient (Wildman–Crippen LogP) is 1.79. The molecule has 126 valence electrons. The summed E-state index contributed by atoms with van der Waals surface area (Å²) in [5, 5.41) is 7.14. The van der Waals surface area contributed by atoms with Gasteiger partial charge in [0.05, 0.1) is 6.42 Å². The van der Waals surface area contributed by atoms with E-state index in [1.807, 2.05) is 30.0 Å². The molecule has 0 saturated carbocycles. The Morgan fingerprint density at radius 3 is 3.08 bits per heavy atom. The molecule has 0 aliphatic carbocycles. The standard InChI is InChI=1S/C17H20N4O3/c1-11-18-17(20-19-11)13-3-2-6-21(9-13)16(22)8-12-4-5-14-15(7-12)24-10-23-14/h4-5,7,13H,2-3,6,8-10H2,1H3,(H,18,19,20). The average Bonchev–Trinajstić information content (AvgIpc) is 3.23. The molecule has 1 aromatic carbocycles. The first kappa shape index (κ1) is 15.0. The fourth-order valence-corrected chi connectivity index (χ4v) is 3.29. The number of H-pyrrole nitrogens is 1. The van der Waals surface area contributed by atoms with Crippen LogP contribution in [0.5, 0.6) is 11.5 Å². The number of aromatic amines is 1. The molecule has 7 nitrogen and oxygen atoms in total. The minimum absolute atomic E-state index is 0.130. The van der Waals surface area contributed by atoms with Gasteiger partial charge in [0.2, 0.25) is 12.7 Å². The normalized spacial score (nSPS) is 19.5. The summed E-state index contributed by atoms with van der Waals surface area (Å²) in [6, 6.07) is 5.67. The number of likely N-dealkylation sites (tertiary alicyclic amines) is 1. The Balaban J connectivity index is 1.42. The van der Waals surface area contributed by atoms with E-state index < -0.39 is 0 Å². The lowest BCUT2D eigenvalue weighted by Crippen LogP contribution is -2.40. The molecule has 2 aromatic rings. The van der Waals surface area contributed by atoms with Crippen LogP contribution in [-0.4, -0.2) is 45.9 Å². The summed E-state index contributed by atoms with van der Waals surface area (Å²) in [7, 11) is 0. The molecule has 7 heteroatoms. The van der Waals surface area contributed by atoms with Crippen LogP contribution in [0.3, 0.4) is 0 Å². The van der Waals surface area contributed by atoms with Crippen molar-refractivity contribution in [3.8, 4) is 11.5 Å². The van der Waals surface area contributed by atoms with Crippen LogP contribution in [0.1, 0.15) is 36.0 Å². The summed E-state index contributed by atoms with van der Waals surface area (Å²) in [4.78, 5) is 19.0. The largest absolute Gasteiger partial charge is 0.454 e. The van der Waals surface area contributed by atoms with Crippen molar-refractivity contribution >= 4 is 5.91 Å². The summed E-state index contributed by atoms with van der Waals surface area (Å²) in [5.41, 5.74) is 0.945. The number of aromatic nitrogens is 3. The number of fused-ring (bicyclic) bond motifs is 1. The van der Waals surface area contributed by atoms with Gasteiger partial charge in [0, 0.05) is 19.0 Å². The Morgan fingerprint density at radius 1 is 1.38 bits per heavy atom. The first-order valence-corrected chi connectivity index (χ1v) is 8.24. The van der Waals surface area contributed by atoms with E-state index in [4.69, 9.17) is 9.47 Å². The molecule has 1 unspecified atom stereocenters. The molecular formula is C17H20N4O3. The van der Waals surface area contributed by atoms with Gasteiger partial charge in [-0.15, -0.1) is 0 Å². The molecule has 0 radical (unpaired) electrons. The molecule has 3 heterocycles. The second kappa shape index (κ2) is 6.14. The molecule has 24 heavy (non-hydrogen) atoms. The number of nitrogens with zero attached hydrogens (tertiary/aromatic N) is 3. The number of aryl methyl sites for hydroxylation is 1. The summed E-state index contributed by atoms with van der Waals surface area (Å²) in [6.45, 7) is 3.61. The number of piperidine rings is 1. The van der Waals surface area contributed by atoms with Crippen LogP contribution in [0.15, 0.2) is 18.2 Å². The van der Waals surface area contributed by atoms with Gasteiger partial charge in [-0.2, -0.15) is 5.10 Å². The molecule has 1 aromatic heterocycles. The van der Waals surface area contributed by atoms with Gasteiger partial charge in [0.15, 0.2) is 17.3 Å². The zero-order valence-corrected chi connectivity index (χ0v) is 13.6. The Hall–Kier alpha value is -2.57. The van der Waals surface area contributed by atoms with Gasteiger partial charge in [0.25, 0.3) is 0 Å². The van der Waals surface area contributed by atoms with E-state index in [1.165, 1.54) is 0 Å². The topological polar surface area (TPSA) is 80.3 Å². The van der Waals surface area contributed by atoms with Crippen molar-refractivity contribution in [2.75, 3.05) is 19.9 Å². The maximum absolute atomic E-state index is 12.7. The molecule has 1 N–H and O–H groups in total. The van der Waals surface area contributed by atoms with E-state index in [1.54, 1.807) is 0 Å². The van der Waals surface area contributed by atoms with Gasteiger partial charge in [-0.05, 0) is 37.5 Å².